The van der Waals surface area contributed by atoms with Crippen molar-refractivity contribution in [3.8, 4) is 69.0 Å². The largest absolute Gasteiger partial charge is 1.00 e. The maximum absolute atomic E-state index is 13.1. The molecule has 76 heavy (non-hydrogen) atoms. The number of nitrogens with zero attached hydrogens (tertiary/aromatic N) is 2. The Bertz CT molecular complexity index is 2370. The lowest BCUT2D eigenvalue weighted by atomic mass is 9.85. The van der Waals surface area contributed by atoms with Gasteiger partial charge >= 0.3 is 11.9 Å². The van der Waals surface area contributed by atoms with Crippen LogP contribution < -0.4 is 81.7 Å². The van der Waals surface area contributed by atoms with Gasteiger partial charge in [0.1, 0.15) is 12.1 Å². The van der Waals surface area contributed by atoms with Gasteiger partial charge < -0.3 is 100 Å². The van der Waals surface area contributed by atoms with Gasteiger partial charge in [0.05, 0.1) is 163 Å². The lowest BCUT2D eigenvalue weighted by Gasteiger charge is -2.46. The highest BCUT2D eigenvalue weighted by Crippen LogP contribution is 2.53. The molecule has 2 aliphatic heterocycles. The minimum atomic E-state index is -0.457. The van der Waals surface area contributed by atoms with Crippen LogP contribution in [0, 0.1) is 0 Å². The average Bonchev–Trinajstić information content (AvgIpc) is 3.42. The molecule has 0 N–H and O–H groups in total. The van der Waals surface area contributed by atoms with E-state index < -0.39 is 11.9 Å². The van der Waals surface area contributed by atoms with E-state index in [2.05, 4.69) is 14.1 Å². The summed E-state index contributed by atoms with van der Waals surface area (Å²) < 4.78 is 82.2. The van der Waals surface area contributed by atoms with Crippen molar-refractivity contribution in [1.82, 2.24) is 0 Å². The molecular formula is C56H78Cl2N2O16. The van der Waals surface area contributed by atoms with Crippen LogP contribution in [-0.2, 0) is 44.7 Å². The van der Waals surface area contributed by atoms with Gasteiger partial charge in [-0.05, 0) is 58.7 Å². The van der Waals surface area contributed by atoms with Crippen LogP contribution in [0.5, 0.6) is 69.0 Å². The van der Waals surface area contributed by atoms with E-state index in [1.165, 1.54) is 0 Å². The molecule has 422 valence electrons. The van der Waals surface area contributed by atoms with E-state index in [0.29, 0.717) is 117 Å². The number of rotatable bonds is 27. The third-order valence-electron chi connectivity index (χ3n) is 14.9. The highest BCUT2D eigenvalue weighted by Gasteiger charge is 2.45. The van der Waals surface area contributed by atoms with Gasteiger partial charge in [0.25, 0.3) is 0 Å². The predicted octanol–water partition coefficient (Wildman–Crippen LogP) is 1.72. The molecule has 0 aromatic heterocycles. The molecule has 4 aromatic carbocycles. The predicted molar refractivity (Wildman–Crippen MR) is 277 cm³/mol. The number of halogens is 2. The molecule has 0 spiro atoms. The second-order valence-electron chi connectivity index (χ2n) is 18.9. The number of carbonyl (C=O) groups is 2. The number of likely N-dealkylation sites (N-methyl/N-ethyl adjacent to an activating group) is 2. The number of hydrogen-bond donors (Lipinski definition) is 0. The van der Waals surface area contributed by atoms with Crippen LogP contribution in [0.4, 0.5) is 0 Å². The molecule has 0 radical (unpaired) electrons. The molecule has 0 bridgehead atoms. The zero-order valence-corrected chi connectivity index (χ0v) is 48.2. The topological polar surface area (TPSA) is 163 Å². The molecule has 20 heteroatoms. The Labute approximate surface area is 460 Å². The van der Waals surface area contributed by atoms with Crippen LogP contribution in [-0.4, -0.2) is 160 Å². The first-order valence-electron chi connectivity index (χ1n) is 24.9. The number of benzene rings is 4. The SMILES string of the molecule is COc1cc(C[C@@H]2c3c(cc(OC)c(OC)c3OC)CC[N@@+]2(C)CCCOC(=O)CCC(=O)OCCC[N@+]2(C)CCc3cc(OC)c(OC)c(OC)c3[C@H]2Cc2cc(OC)c(OC)c(OC)c2)cc(OC)c1OC.[Cl-].[Cl-]. The minimum Gasteiger partial charge on any atom is -1.00 e. The Morgan fingerprint density at radius 2 is 0.711 bits per heavy atom. The number of esters is 2. The average molecular weight is 1110 g/mol. The van der Waals surface area contributed by atoms with E-state index in [9.17, 15) is 9.59 Å². The Morgan fingerprint density at radius 3 is 0.987 bits per heavy atom. The first kappa shape index (κ1) is 62.5. The van der Waals surface area contributed by atoms with Crippen LogP contribution in [0.2, 0.25) is 0 Å². The van der Waals surface area contributed by atoms with E-state index in [0.717, 1.165) is 59.3 Å². The Morgan fingerprint density at radius 1 is 0.421 bits per heavy atom. The van der Waals surface area contributed by atoms with Crippen molar-refractivity contribution >= 4 is 11.9 Å². The van der Waals surface area contributed by atoms with Gasteiger partial charge in [0.2, 0.25) is 23.0 Å². The molecule has 6 rings (SSSR count). The first-order valence-corrected chi connectivity index (χ1v) is 24.9. The van der Waals surface area contributed by atoms with Gasteiger partial charge in [0, 0.05) is 38.5 Å². The van der Waals surface area contributed by atoms with Crippen LogP contribution in [0.3, 0.4) is 0 Å². The summed E-state index contributed by atoms with van der Waals surface area (Å²) >= 11 is 0. The summed E-state index contributed by atoms with van der Waals surface area (Å²) in [6, 6.07) is 11.7. The molecule has 0 saturated carbocycles. The summed E-state index contributed by atoms with van der Waals surface area (Å²) in [6.07, 6.45) is 3.69. The summed E-state index contributed by atoms with van der Waals surface area (Å²) in [5, 5.41) is 0. The van der Waals surface area contributed by atoms with Gasteiger partial charge in [-0.2, -0.15) is 0 Å². The standard InChI is InChI=1S/C56H78N2O16.2ClH/c1-57(23-19-37-33-45(65-7)53(69-11)55(71-13)49(37)39(57)27-35-29-41(61-3)51(67-9)42(30-35)62-4)21-15-25-73-47(59)17-18-48(60)74-26-16-22-58(2)24-20-38-34-46(66-8)54(70-12)56(72-14)50(38)40(58)28-36-31-43(63-5)52(68-10)44(32-36)64-6;;/h29-34,39-40H,15-28H2,1-14H3;2*1H/q+2;;/p-2/t39-,40-,57-,58-;;/m1../s1. The van der Waals surface area contributed by atoms with Gasteiger partial charge in [-0.3, -0.25) is 9.59 Å². The van der Waals surface area contributed by atoms with Gasteiger partial charge in [-0.15, -0.1) is 0 Å². The highest BCUT2D eigenvalue weighted by atomic mass is 35.5. The highest BCUT2D eigenvalue weighted by molar-refractivity contribution is 5.77. The second kappa shape index (κ2) is 28.3. The third kappa shape index (κ3) is 13.4. The number of hydrogen-bond acceptors (Lipinski definition) is 16. The van der Waals surface area contributed by atoms with Crippen molar-refractivity contribution < 1.29 is 110 Å². The zero-order chi connectivity index (χ0) is 53.7. The molecule has 2 aliphatic rings. The summed E-state index contributed by atoms with van der Waals surface area (Å²) in [4.78, 5) is 26.2. The Kier molecular flexibility index (Phi) is 23.3. The lowest BCUT2D eigenvalue weighted by Crippen LogP contribution is -3.00. The van der Waals surface area contributed by atoms with Crippen molar-refractivity contribution in [3.63, 3.8) is 0 Å². The van der Waals surface area contributed by atoms with Gasteiger partial charge in [-0.25, -0.2) is 0 Å². The number of quaternary nitrogens is 2. The molecule has 4 aromatic rings. The number of fused-ring (bicyclic) bond motifs is 2. The zero-order valence-electron chi connectivity index (χ0n) is 46.7. The number of methoxy groups -OCH3 is 12. The maximum atomic E-state index is 13.1. The lowest BCUT2D eigenvalue weighted by molar-refractivity contribution is -0.941. The summed E-state index contributed by atoms with van der Waals surface area (Å²) in [7, 11) is 23.7. The fourth-order valence-electron chi connectivity index (χ4n) is 11.0. The summed E-state index contributed by atoms with van der Waals surface area (Å²) in [6.45, 7) is 3.35. The van der Waals surface area contributed by atoms with Crippen molar-refractivity contribution in [2.45, 2.75) is 63.5 Å². The van der Waals surface area contributed by atoms with Crippen molar-refractivity contribution in [3.05, 3.63) is 69.8 Å². The first-order chi connectivity index (χ1) is 35.7. The van der Waals surface area contributed by atoms with Gasteiger partial charge in [0.15, 0.2) is 46.0 Å². The van der Waals surface area contributed by atoms with E-state index in [1.54, 1.807) is 85.3 Å². The number of ether oxygens (including phenoxy) is 14. The smallest absolute Gasteiger partial charge is 0.306 e. The molecule has 18 nitrogen and oxygen atoms in total. The van der Waals surface area contributed by atoms with Crippen molar-refractivity contribution in [2.75, 3.05) is 139 Å². The molecule has 0 fully saturated rings. The van der Waals surface area contributed by atoms with Crippen LogP contribution in [0.15, 0.2) is 36.4 Å². The van der Waals surface area contributed by atoms with Crippen molar-refractivity contribution in [1.29, 1.82) is 0 Å². The molecule has 0 amide bonds. The normalized spacial score (nSPS) is 18.2. The second-order valence-corrected chi connectivity index (χ2v) is 18.9. The van der Waals surface area contributed by atoms with Crippen LogP contribution >= 0.6 is 0 Å². The maximum Gasteiger partial charge on any atom is 0.306 e. The van der Waals surface area contributed by atoms with Crippen LogP contribution in [0.1, 0.15) is 71.1 Å². The van der Waals surface area contributed by atoms with Crippen molar-refractivity contribution in [2.24, 2.45) is 0 Å². The van der Waals surface area contributed by atoms with E-state index in [4.69, 9.17) is 66.3 Å². The summed E-state index contributed by atoms with van der Waals surface area (Å²) in [5.41, 5.74) is 6.22. The Balaban J connectivity index is 0.00000624. The van der Waals surface area contributed by atoms with Crippen LogP contribution in [0.25, 0.3) is 0 Å². The molecule has 4 atom stereocenters. The van der Waals surface area contributed by atoms with E-state index in [-0.39, 0.29) is 63.0 Å². The molecule has 0 aliphatic carbocycles. The molecule has 2 heterocycles. The minimum absolute atomic E-state index is 0. The quantitative estimate of drug-likeness (QED) is 0.0482. The Hall–Kier alpha value is -6.08. The van der Waals surface area contributed by atoms with E-state index in [1.807, 2.05) is 36.4 Å². The fraction of sp³-hybridized carbons (Fsp3) is 0.536. The molecular weight excluding hydrogens is 1030 g/mol. The van der Waals surface area contributed by atoms with Gasteiger partial charge in [-0.1, -0.05) is 0 Å². The fourth-order valence-corrected chi connectivity index (χ4v) is 11.0. The number of carbonyl (C=O) groups excluding carboxylic acids is 2. The molecule has 0 unspecified atom stereocenters. The van der Waals surface area contributed by atoms with E-state index >= 15 is 0 Å². The molecule has 0 saturated heterocycles. The monoisotopic (exact) mass is 1100 g/mol. The summed E-state index contributed by atoms with van der Waals surface area (Å²) in [5.74, 6) is 5.85. The third-order valence-corrected chi connectivity index (χ3v) is 14.9.